The molecule has 0 saturated heterocycles. The molecule has 0 radical (unpaired) electrons. The van der Waals surface area contributed by atoms with Gasteiger partial charge in [0, 0.05) is 10.6 Å². The Balaban J connectivity index is 2.03. The highest BCUT2D eigenvalue weighted by molar-refractivity contribution is 6.30. The van der Waals surface area contributed by atoms with Crippen molar-refractivity contribution in [3.8, 4) is 0 Å². The van der Waals surface area contributed by atoms with Crippen LogP contribution in [0.3, 0.4) is 0 Å². The summed E-state index contributed by atoms with van der Waals surface area (Å²) in [7, 11) is 0. The van der Waals surface area contributed by atoms with Gasteiger partial charge in [-0.1, -0.05) is 23.7 Å². The fraction of sp³-hybridized carbons (Fsp3) is 0.0526. The summed E-state index contributed by atoms with van der Waals surface area (Å²) in [6, 6.07) is 14.7. The number of rotatable bonds is 2. The van der Waals surface area contributed by atoms with Crippen LogP contribution in [0.5, 0.6) is 0 Å². The number of halogens is 4. The van der Waals surface area contributed by atoms with E-state index in [1.54, 1.807) is 36.4 Å². The van der Waals surface area contributed by atoms with E-state index in [1.165, 1.54) is 18.2 Å². The second-order valence-corrected chi connectivity index (χ2v) is 6.16. The molecular weight excluding hydrogens is 365 g/mol. The van der Waals surface area contributed by atoms with E-state index in [2.05, 4.69) is 4.98 Å². The van der Waals surface area contributed by atoms with Crippen molar-refractivity contribution < 1.29 is 18.0 Å². The van der Waals surface area contributed by atoms with Gasteiger partial charge in [0.05, 0.1) is 16.6 Å². The average molecular weight is 375 g/mol. The lowest BCUT2D eigenvalue weighted by molar-refractivity contribution is -0.141. The number of carbonyl (C=O) groups is 1. The Morgan fingerprint density at radius 2 is 1.65 bits per heavy atom. The molecule has 2 aromatic heterocycles. The quantitative estimate of drug-likeness (QED) is 0.441. The molecule has 0 aliphatic rings. The third kappa shape index (κ3) is 2.63. The van der Waals surface area contributed by atoms with Crippen LogP contribution in [-0.2, 0) is 6.18 Å². The van der Waals surface area contributed by atoms with E-state index in [1.807, 2.05) is 0 Å². The number of imidazole rings is 1. The Morgan fingerprint density at radius 1 is 0.962 bits per heavy atom. The largest absolute Gasteiger partial charge is 0.431 e. The van der Waals surface area contributed by atoms with Gasteiger partial charge >= 0.3 is 6.18 Å². The minimum absolute atomic E-state index is 0.0269. The zero-order valence-corrected chi connectivity index (χ0v) is 13.8. The zero-order chi connectivity index (χ0) is 18.5. The van der Waals surface area contributed by atoms with Crippen LogP contribution < -0.4 is 0 Å². The summed E-state index contributed by atoms with van der Waals surface area (Å²) in [5, 5.41) is 0.464. The number of carbonyl (C=O) groups excluding carboxylic acids is 1. The Kier molecular flexibility index (Phi) is 3.73. The molecule has 0 fully saturated rings. The number of fused-ring (bicyclic) bond motifs is 3. The molecule has 4 aromatic rings. The highest BCUT2D eigenvalue weighted by atomic mass is 35.5. The summed E-state index contributed by atoms with van der Waals surface area (Å²) in [6.45, 7) is 0. The number of nitrogens with zero attached hydrogens (tertiary/aromatic N) is 2. The first-order chi connectivity index (χ1) is 12.4. The number of alkyl halides is 3. The number of ketones is 1. The molecule has 0 aliphatic carbocycles. The van der Waals surface area contributed by atoms with Crippen molar-refractivity contribution in [2.45, 2.75) is 6.18 Å². The van der Waals surface area contributed by atoms with Crippen LogP contribution in [0.4, 0.5) is 13.2 Å². The van der Waals surface area contributed by atoms with Crippen LogP contribution in [-0.4, -0.2) is 15.2 Å². The normalized spacial score (nSPS) is 12.0. The monoisotopic (exact) mass is 374 g/mol. The molecule has 4 rings (SSSR count). The van der Waals surface area contributed by atoms with Crippen molar-refractivity contribution in [2.75, 3.05) is 0 Å². The first-order valence-electron chi connectivity index (χ1n) is 7.64. The molecule has 130 valence electrons. The number of pyridine rings is 1. The minimum atomic E-state index is -4.58. The fourth-order valence-electron chi connectivity index (χ4n) is 2.92. The van der Waals surface area contributed by atoms with E-state index in [0.717, 1.165) is 10.5 Å². The number of hydrogen-bond donors (Lipinski definition) is 0. The number of hydrogen-bond acceptors (Lipinski definition) is 2. The van der Waals surface area contributed by atoms with Gasteiger partial charge in [-0.05, 0) is 48.5 Å². The van der Waals surface area contributed by atoms with E-state index >= 15 is 0 Å². The van der Waals surface area contributed by atoms with Gasteiger partial charge < -0.3 is 0 Å². The maximum absolute atomic E-state index is 13.5. The Bertz CT molecular complexity index is 1150. The van der Waals surface area contributed by atoms with Crippen LogP contribution in [0, 0.1) is 0 Å². The third-order valence-corrected chi connectivity index (χ3v) is 4.34. The van der Waals surface area contributed by atoms with Gasteiger partial charge in [-0.15, -0.1) is 0 Å². The summed E-state index contributed by atoms with van der Waals surface area (Å²) in [5.74, 6) is -0.421. The molecular formula is C19H10ClF3N2O. The van der Waals surface area contributed by atoms with Gasteiger partial charge in [0.2, 0.25) is 0 Å². The molecule has 7 heteroatoms. The van der Waals surface area contributed by atoms with E-state index in [4.69, 9.17) is 11.6 Å². The maximum atomic E-state index is 13.5. The van der Waals surface area contributed by atoms with Gasteiger partial charge in [0.15, 0.2) is 5.78 Å². The first kappa shape index (κ1) is 16.6. The fourth-order valence-corrected chi connectivity index (χ4v) is 3.04. The van der Waals surface area contributed by atoms with Gasteiger partial charge in [-0.25, -0.2) is 4.98 Å². The van der Waals surface area contributed by atoms with Crippen molar-refractivity contribution in [1.82, 2.24) is 9.38 Å². The lowest BCUT2D eigenvalue weighted by Gasteiger charge is -2.12. The predicted octanol–water partition coefficient (Wildman–Crippen LogP) is 5.39. The van der Waals surface area contributed by atoms with Crippen molar-refractivity contribution in [1.29, 1.82) is 0 Å². The lowest BCUT2D eigenvalue weighted by Crippen LogP contribution is -2.14. The molecule has 2 aromatic carbocycles. The van der Waals surface area contributed by atoms with Gasteiger partial charge in [0.1, 0.15) is 11.3 Å². The van der Waals surface area contributed by atoms with Crippen LogP contribution in [0.2, 0.25) is 5.02 Å². The van der Waals surface area contributed by atoms with E-state index in [0.29, 0.717) is 21.6 Å². The maximum Gasteiger partial charge on any atom is 0.431 e. The lowest BCUT2D eigenvalue weighted by atomic mass is 10.0. The summed E-state index contributed by atoms with van der Waals surface area (Å²) in [4.78, 5) is 17.1. The third-order valence-electron chi connectivity index (χ3n) is 4.09. The van der Waals surface area contributed by atoms with Gasteiger partial charge in [0.25, 0.3) is 0 Å². The van der Waals surface area contributed by atoms with Crippen LogP contribution in [0.1, 0.15) is 21.6 Å². The minimum Gasteiger partial charge on any atom is -0.288 e. The van der Waals surface area contributed by atoms with Crippen LogP contribution in [0.15, 0.2) is 60.7 Å². The molecule has 0 aliphatic heterocycles. The molecule has 0 unspecified atom stereocenters. The molecule has 0 spiro atoms. The van der Waals surface area contributed by atoms with Crippen molar-refractivity contribution in [3.05, 3.63) is 82.5 Å². The van der Waals surface area contributed by atoms with E-state index in [9.17, 15) is 18.0 Å². The van der Waals surface area contributed by atoms with E-state index < -0.39 is 17.7 Å². The Labute approximate surface area is 150 Å². The number of benzene rings is 2. The van der Waals surface area contributed by atoms with Crippen molar-refractivity contribution in [3.63, 3.8) is 0 Å². The molecule has 0 N–H and O–H groups in total. The topological polar surface area (TPSA) is 34.4 Å². The van der Waals surface area contributed by atoms with Gasteiger partial charge in [-0.2, -0.15) is 13.2 Å². The molecule has 0 saturated carbocycles. The highest BCUT2D eigenvalue weighted by Crippen LogP contribution is 2.33. The second kappa shape index (κ2) is 5.85. The summed E-state index contributed by atoms with van der Waals surface area (Å²) in [6.07, 6.45) is -4.58. The summed E-state index contributed by atoms with van der Waals surface area (Å²) < 4.78 is 41.4. The van der Waals surface area contributed by atoms with Crippen molar-refractivity contribution in [2.24, 2.45) is 0 Å². The summed E-state index contributed by atoms with van der Waals surface area (Å²) in [5.41, 5.74) is 0.185. The molecule has 0 atom stereocenters. The first-order valence-corrected chi connectivity index (χ1v) is 8.02. The zero-order valence-electron chi connectivity index (χ0n) is 13.1. The van der Waals surface area contributed by atoms with Crippen molar-refractivity contribution >= 4 is 34.1 Å². The summed E-state index contributed by atoms with van der Waals surface area (Å²) >= 11 is 5.83. The SMILES string of the molecule is O=C(c1ccc(Cl)cc1)c1ccc(C(F)(F)F)n2c1nc1ccccc12. The van der Waals surface area contributed by atoms with Crippen LogP contribution in [0.25, 0.3) is 16.7 Å². The van der Waals surface area contributed by atoms with Gasteiger partial charge in [-0.3, -0.25) is 9.20 Å². The van der Waals surface area contributed by atoms with E-state index in [-0.39, 0.29) is 11.2 Å². The second-order valence-electron chi connectivity index (χ2n) is 5.73. The number of para-hydroxylation sites is 2. The molecule has 2 heterocycles. The molecule has 0 amide bonds. The highest BCUT2D eigenvalue weighted by Gasteiger charge is 2.35. The van der Waals surface area contributed by atoms with Crippen LogP contribution >= 0.6 is 11.6 Å². The Hall–Kier alpha value is -2.86. The predicted molar refractivity (Wildman–Crippen MR) is 92.6 cm³/mol. The molecule has 26 heavy (non-hydrogen) atoms. The number of aromatic nitrogens is 2. The Morgan fingerprint density at radius 3 is 2.35 bits per heavy atom. The molecule has 3 nitrogen and oxygen atoms in total. The standard InChI is InChI=1S/C19H10ClF3N2O/c20-12-7-5-11(6-8-12)17(26)13-9-10-16(19(21,22)23)25-15-4-2-1-3-14(15)24-18(13)25/h1-10H. The molecule has 0 bridgehead atoms. The average Bonchev–Trinajstić information content (AvgIpc) is 2.99. The smallest absolute Gasteiger partial charge is 0.288 e.